The lowest BCUT2D eigenvalue weighted by Gasteiger charge is -2.33. The zero-order valence-electron chi connectivity index (χ0n) is 12.8. The van der Waals surface area contributed by atoms with E-state index >= 15 is 0 Å². The summed E-state index contributed by atoms with van der Waals surface area (Å²) in [4.78, 5) is 2.63. The molecule has 1 N–H and O–H groups in total. The predicted octanol–water partition coefficient (Wildman–Crippen LogP) is 4.00. The van der Waals surface area contributed by atoms with Crippen LogP contribution in [0.1, 0.15) is 43.7 Å². The van der Waals surface area contributed by atoms with Crippen molar-refractivity contribution in [3.63, 3.8) is 0 Å². The first-order valence-electron chi connectivity index (χ1n) is 7.86. The first-order chi connectivity index (χ1) is 9.66. The third-order valence-electron chi connectivity index (χ3n) is 4.30. The molecular weight excluding hydrogens is 268 g/mol. The number of likely N-dealkylation sites (tertiary alicyclic amines) is 1. The summed E-state index contributed by atoms with van der Waals surface area (Å²) in [5.41, 5.74) is 2.42. The Bertz CT molecular complexity index is 419. The summed E-state index contributed by atoms with van der Waals surface area (Å²) < 4.78 is 0. The lowest BCUT2D eigenvalue weighted by Crippen LogP contribution is -2.38. The molecule has 112 valence electrons. The lowest BCUT2D eigenvalue weighted by molar-refractivity contribution is 0.159. The van der Waals surface area contributed by atoms with Crippen molar-refractivity contribution in [1.29, 1.82) is 0 Å². The molecule has 20 heavy (non-hydrogen) atoms. The molecule has 0 saturated carbocycles. The van der Waals surface area contributed by atoms with Crippen LogP contribution >= 0.6 is 11.6 Å². The van der Waals surface area contributed by atoms with Crippen molar-refractivity contribution in [3.8, 4) is 0 Å². The summed E-state index contributed by atoms with van der Waals surface area (Å²) in [5, 5.41) is 4.38. The second-order valence-electron chi connectivity index (χ2n) is 5.99. The fourth-order valence-electron chi connectivity index (χ4n) is 2.88. The van der Waals surface area contributed by atoms with Crippen LogP contribution in [0.3, 0.4) is 0 Å². The molecule has 0 spiro atoms. The van der Waals surface area contributed by atoms with E-state index in [0.717, 1.165) is 29.7 Å². The van der Waals surface area contributed by atoms with Gasteiger partial charge in [0.1, 0.15) is 0 Å². The van der Waals surface area contributed by atoms with Gasteiger partial charge in [-0.25, -0.2) is 0 Å². The molecule has 2 rings (SSSR count). The van der Waals surface area contributed by atoms with E-state index in [0.29, 0.717) is 0 Å². The maximum atomic E-state index is 6.14. The van der Waals surface area contributed by atoms with E-state index in [-0.39, 0.29) is 0 Å². The van der Waals surface area contributed by atoms with E-state index in [4.69, 9.17) is 11.6 Å². The number of nitrogens with zero attached hydrogens (tertiary/aromatic N) is 1. The SMILES string of the molecule is Cc1ccc(CNCCCN2CCCCC2C)cc1Cl. The fourth-order valence-corrected chi connectivity index (χ4v) is 3.08. The minimum atomic E-state index is 0.777. The summed E-state index contributed by atoms with van der Waals surface area (Å²) in [6, 6.07) is 7.09. The molecule has 1 heterocycles. The number of hydrogen-bond donors (Lipinski definition) is 1. The minimum absolute atomic E-state index is 0.777. The van der Waals surface area contributed by atoms with E-state index in [1.54, 1.807) is 0 Å². The van der Waals surface area contributed by atoms with E-state index in [2.05, 4.69) is 35.3 Å². The Morgan fingerprint density at radius 1 is 1.35 bits per heavy atom. The molecule has 0 aromatic heterocycles. The lowest BCUT2D eigenvalue weighted by atomic mass is 10.0. The number of halogens is 1. The van der Waals surface area contributed by atoms with Gasteiger partial charge < -0.3 is 10.2 Å². The van der Waals surface area contributed by atoms with Gasteiger partial charge in [-0.3, -0.25) is 0 Å². The molecule has 0 amide bonds. The number of hydrogen-bond acceptors (Lipinski definition) is 2. The van der Waals surface area contributed by atoms with Gasteiger partial charge in [0.05, 0.1) is 0 Å². The monoisotopic (exact) mass is 294 g/mol. The normalized spacial score (nSPS) is 20.2. The summed E-state index contributed by atoms with van der Waals surface area (Å²) in [5.74, 6) is 0. The first kappa shape index (κ1) is 15.8. The number of benzene rings is 1. The van der Waals surface area contributed by atoms with Crippen LogP contribution in [-0.2, 0) is 6.54 Å². The molecule has 1 aromatic rings. The Morgan fingerprint density at radius 2 is 2.20 bits per heavy atom. The number of aryl methyl sites for hydroxylation is 1. The van der Waals surface area contributed by atoms with Crippen LogP contribution in [0.2, 0.25) is 5.02 Å². The van der Waals surface area contributed by atoms with Crippen LogP contribution in [0, 0.1) is 6.92 Å². The predicted molar refractivity (Wildman–Crippen MR) is 87.4 cm³/mol. The van der Waals surface area contributed by atoms with Crippen molar-refractivity contribution in [3.05, 3.63) is 34.3 Å². The molecule has 1 fully saturated rings. The average molecular weight is 295 g/mol. The molecule has 1 saturated heterocycles. The molecule has 3 heteroatoms. The van der Waals surface area contributed by atoms with Crippen molar-refractivity contribution in [2.75, 3.05) is 19.6 Å². The third-order valence-corrected chi connectivity index (χ3v) is 4.71. The molecule has 0 bridgehead atoms. The molecule has 2 nitrogen and oxygen atoms in total. The highest BCUT2D eigenvalue weighted by molar-refractivity contribution is 6.31. The van der Waals surface area contributed by atoms with Crippen molar-refractivity contribution in [2.24, 2.45) is 0 Å². The molecule has 1 atom stereocenters. The maximum absolute atomic E-state index is 6.14. The zero-order chi connectivity index (χ0) is 14.4. The highest BCUT2D eigenvalue weighted by Crippen LogP contribution is 2.17. The fraction of sp³-hybridized carbons (Fsp3) is 0.647. The quantitative estimate of drug-likeness (QED) is 0.798. The topological polar surface area (TPSA) is 15.3 Å². The summed E-state index contributed by atoms with van der Waals surface area (Å²) in [7, 11) is 0. The van der Waals surface area contributed by atoms with E-state index in [1.165, 1.54) is 44.3 Å². The second-order valence-corrected chi connectivity index (χ2v) is 6.40. The molecule has 1 aliphatic rings. The Kier molecular flexibility index (Phi) is 6.34. The Labute approximate surface area is 128 Å². The highest BCUT2D eigenvalue weighted by atomic mass is 35.5. The molecule has 1 unspecified atom stereocenters. The van der Waals surface area contributed by atoms with E-state index in [9.17, 15) is 0 Å². The van der Waals surface area contributed by atoms with Gasteiger partial charge in [-0.1, -0.05) is 30.2 Å². The second kappa shape index (κ2) is 8.02. The van der Waals surface area contributed by atoms with Crippen molar-refractivity contribution in [2.45, 2.75) is 52.1 Å². The van der Waals surface area contributed by atoms with Gasteiger partial charge in [-0.2, -0.15) is 0 Å². The zero-order valence-corrected chi connectivity index (χ0v) is 13.5. The minimum Gasteiger partial charge on any atom is -0.313 e. The number of nitrogens with one attached hydrogen (secondary N) is 1. The van der Waals surface area contributed by atoms with Gasteiger partial charge in [0.25, 0.3) is 0 Å². The smallest absolute Gasteiger partial charge is 0.0438 e. The highest BCUT2D eigenvalue weighted by Gasteiger charge is 2.16. The van der Waals surface area contributed by atoms with Crippen LogP contribution in [0.15, 0.2) is 18.2 Å². The Morgan fingerprint density at radius 3 is 2.95 bits per heavy atom. The van der Waals surface area contributed by atoms with E-state index in [1.807, 2.05) is 6.92 Å². The molecule has 1 aromatic carbocycles. The largest absolute Gasteiger partial charge is 0.313 e. The van der Waals surface area contributed by atoms with Gasteiger partial charge >= 0.3 is 0 Å². The van der Waals surface area contributed by atoms with Gasteiger partial charge in [0.2, 0.25) is 0 Å². The Balaban J connectivity index is 1.62. The summed E-state index contributed by atoms with van der Waals surface area (Å²) >= 11 is 6.14. The molecule has 0 aliphatic carbocycles. The van der Waals surface area contributed by atoms with Gasteiger partial charge in [-0.15, -0.1) is 0 Å². The van der Waals surface area contributed by atoms with Crippen molar-refractivity contribution < 1.29 is 0 Å². The standard InChI is InChI=1S/C17H27ClN2/c1-14-7-8-16(12-17(14)18)13-19-9-5-11-20-10-4-3-6-15(20)2/h7-8,12,15,19H,3-6,9-11,13H2,1-2H3. The summed E-state index contributed by atoms with van der Waals surface area (Å²) in [6.45, 7) is 8.90. The average Bonchev–Trinajstić information content (AvgIpc) is 2.44. The third kappa shape index (κ3) is 4.76. The van der Waals surface area contributed by atoms with Crippen LogP contribution in [-0.4, -0.2) is 30.6 Å². The van der Waals surface area contributed by atoms with Crippen LogP contribution < -0.4 is 5.32 Å². The van der Waals surface area contributed by atoms with E-state index < -0.39 is 0 Å². The van der Waals surface area contributed by atoms with Gasteiger partial charge in [-0.05, 0) is 69.9 Å². The Hall–Kier alpha value is -0.570. The first-order valence-corrected chi connectivity index (χ1v) is 8.24. The molecule has 1 aliphatic heterocycles. The van der Waals surface area contributed by atoms with Crippen LogP contribution in [0.4, 0.5) is 0 Å². The summed E-state index contributed by atoms with van der Waals surface area (Å²) in [6.07, 6.45) is 5.38. The van der Waals surface area contributed by atoms with Crippen LogP contribution in [0.5, 0.6) is 0 Å². The molecule has 0 radical (unpaired) electrons. The number of piperidine rings is 1. The van der Waals surface area contributed by atoms with Gasteiger partial charge in [0.15, 0.2) is 0 Å². The van der Waals surface area contributed by atoms with Crippen molar-refractivity contribution in [1.82, 2.24) is 10.2 Å². The molecular formula is C17H27ClN2. The van der Waals surface area contributed by atoms with Gasteiger partial charge in [0, 0.05) is 17.6 Å². The maximum Gasteiger partial charge on any atom is 0.0438 e. The van der Waals surface area contributed by atoms with Crippen LogP contribution in [0.25, 0.3) is 0 Å². The number of rotatable bonds is 6. The van der Waals surface area contributed by atoms with Crippen molar-refractivity contribution >= 4 is 11.6 Å².